The van der Waals surface area contributed by atoms with Crippen molar-refractivity contribution in [1.82, 2.24) is 15.2 Å². The van der Waals surface area contributed by atoms with Crippen LogP contribution in [0.4, 0.5) is 5.95 Å². The van der Waals surface area contributed by atoms with Crippen LogP contribution in [0.2, 0.25) is 0 Å². The van der Waals surface area contributed by atoms with Gasteiger partial charge in [-0.25, -0.2) is 0 Å². The number of nitrogen functional groups attached to an aromatic ring is 1. The molecule has 0 aliphatic carbocycles. The molecule has 0 amide bonds. The van der Waals surface area contributed by atoms with Crippen LogP contribution in [0.15, 0.2) is 15.2 Å². The van der Waals surface area contributed by atoms with Gasteiger partial charge >= 0.3 is 0 Å². The van der Waals surface area contributed by atoms with Gasteiger partial charge in [0.25, 0.3) is 0 Å². The fourth-order valence-electron chi connectivity index (χ4n) is 0.838. The maximum atomic E-state index is 5.36. The number of nitrogens with zero attached hydrogens (tertiary/aromatic N) is 2. The second-order valence-corrected chi connectivity index (χ2v) is 4.47. The Kier molecular flexibility index (Phi) is 1.86. The highest BCUT2D eigenvalue weighted by atomic mass is 79.9. The molecule has 12 heavy (non-hydrogen) atoms. The van der Waals surface area contributed by atoms with Gasteiger partial charge in [0.05, 0.1) is 3.79 Å². The lowest BCUT2D eigenvalue weighted by atomic mass is 10.3. The predicted octanol–water partition coefficient (Wildman–Crippen LogP) is 1.88. The predicted molar refractivity (Wildman–Crippen MR) is 51.8 cm³/mol. The first kappa shape index (κ1) is 7.75. The van der Waals surface area contributed by atoms with Gasteiger partial charge in [-0.05, 0) is 22.0 Å². The average Bonchev–Trinajstić information content (AvgIpc) is 2.58. The van der Waals surface area contributed by atoms with E-state index in [1.54, 1.807) is 11.3 Å². The molecule has 62 valence electrons. The second-order valence-electron chi connectivity index (χ2n) is 2.18. The van der Waals surface area contributed by atoms with Crippen LogP contribution < -0.4 is 5.73 Å². The number of rotatable bonds is 1. The zero-order chi connectivity index (χ0) is 8.55. The summed E-state index contributed by atoms with van der Waals surface area (Å²) >= 11 is 4.96. The summed E-state index contributed by atoms with van der Waals surface area (Å²) in [6.45, 7) is 0. The molecule has 0 radical (unpaired) electrons. The summed E-state index contributed by atoms with van der Waals surface area (Å²) in [5.74, 6) is 0.974. The number of aromatic nitrogens is 3. The normalized spacial score (nSPS) is 10.4. The van der Waals surface area contributed by atoms with Crippen LogP contribution in [0.3, 0.4) is 0 Å². The molecule has 0 spiro atoms. The van der Waals surface area contributed by atoms with Gasteiger partial charge in [-0.2, -0.15) is 4.98 Å². The largest absolute Gasteiger partial charge is 0.366 e. The van der Waals surface area contributed by atoms with Crippen LogP contribution in [0.1, 0.15) is 0 Å². The molecule has 6 heteroatoms. The first-order chi connectivity index (χ1) is 5.75. The van der Waals surface area contributed by atoms with E-state index in [-0.39, 0.29) is 5.95 Å². The molecule has 3 N–H and O–H groups in total. The summed E-state index contributed by atoms with van der Waals surface area (Å²) in [5.41, 5.74) is 6.36. The van der Waals surface area contributed by atoms with E-state index in [9.17, 15) is 0 Å². The van der Waals surface area contributed by atoms with Crippen LogP contribution in [0, 0.1) is 0 Å². The van der Waals surface area contributed by atoms with Crippen LogP contribution in [-0.2, 0) is 0 Å². The fourth-order valence-corrected chi connectivity index (χ4v) is 1.98. The number of hydrogen-bond donors (Lipinski definition) is 2. The number of anilines is 1. The Morgan fingerprint density at radius 3 is 2.92 bits per heavy atom. The lowest BCUT2D eigenvalue weighted by molar-refractivity contribution is 1.10. The molecule has 0 atom stereocenters. The molecule has 0 saturated heterocycles. The summed E-state index contributed by atoms with van der Waals surface area (Å²) in [5, 5.41) is 8.44. The van der Waals surface area contributed by atoms with Gasteiger partial charge in [0.15, 0.2) is 5.82 Å². The van der Waals surface area contributed by atoms with Gasteiger partial charge in [-0.3, -0.25) is 5.10 Å². The molecule has 2 rings (SSSR count). The summed E-state index contributed by atoms with van der Waals surface area (Å²) in [6, 6.07) is 1.96. The Hall–Kier alpha value is -0.880. The summed E-state index contributed by atoms with van der Waals surface area (Å²) in [7, 11) is 0. The number of halogens is 1. The minimum Gasteiger partial charge on any atom is -0.366 e. The number of H-pyrrole nitrogens is 1. The SMILES string of the molecule is Nc1n[nH]c(-c2csc(Br)c2)n1. The number of aromatic amines is 1. The van der Waals surface area contributed by atoms with Crippen molar-refractivity contribution in [2.45, 2.75) is 0 Å². The fraction of sp³-hybridized carbons (Fsp3) is 0. The summed E-state index contributed by atoms with van der Waals surface area (Å²) in [4.78, 5) is 3.99. The Labute approximate surface area is 81.0 Å². The van der Waals surface area contributed by atoms with Crippen molar-refractivity contribution >= 4 is 33.2 Å². The molecule has 0 aliphatic rings. The Morgan fingerprint density at radius 1 is 1.58 bits per heavy atom. The molecule has 0 aliphatic heterocycles. The van der Waals surface area contributed by atoms with Crippen LogP contribution >= 0.6 is 27.3 Å². The standard InChI is InChI=1S/C6H5BrN4S/c7-4-1-3(2-12-4)5-9-6(8)11-10-5/h1-2H,(H3,8,9,10,11). The van der Waals surface area contributed by atoms with Gasteiger partial charge < -0.3 is 5.73 Å². The molecule has 4 nitrogen and oxygen atoms in total. The van der Waals surface area contributed by atoms with Crippen molar-refractivity contribution in [3.05, 3.63) is 15.2 Å². The Balaban J connectivity index is 2.43. The van der Waals surface area contributed by atoms with E-state index in [0.717, 1.165) is 9.35 Å². The van der Waals surface area contributed by atoms with E-state index < -0.39 is 0 Å². The molecule has 2 aromatic heterocycles. The molecule has 2 heterocycles. The van der Waals surface area contributed by atoms with Gasteiger partial charge in [0.1, 0.15) is 0 Å². The minimum absolute atomic E-state index is 0.271. The topological polar surface area (TPSA) is 67.6 Å². The Morgan fingerprint density at radius 2 is 2.42 bits per heavy atom. The van der Waals surface area contributed by atoms with Crippen molar-refractivity contribution in [2.75, 3.05) is 5.73 Å². The number of hydrogen-bond acceptors (Lipinski definition) is 4. The minimum atomic E-state index is 0.271. The van der Waals surface area contributed by atoms with Crippen molar-refractivity contribution in [3.8, 4) is 11.4 Å². The third-order valence-electron chi connectivity index (χ3n) is 1.34. The van der Waals surface area contributed by atoms with Crippen LogP contribution in [0.25, 0.3) is 11.4 Å². The van der Waals surface area contributed by atoms with E-state index in [1.165, 1.54) is 0 Å². The highest BCUT2D eigenvalue weighted by molar-refractivity contribution is 9.11. The van der Waals surface area contributed by atoms with Crippen molar-refractivity contribution in [2.24, 2.45) is 0 Å². The third kappa shape index (κ3) is 1.35. The molecular formula is C6H5BrN4S. The second kappa shape index (κ2) is 2.87. The quantitative estimate of drug-likeness (QED) is 0.805. The zero-order valence-corrected chi connectivity index (χ0v) is 8.32. The highest BCUT2D eigenvalue weighted by Crippen LogP contribution is 2.26. The van der Waals surface area contributed by atoms with Crippen molar-refractivity contribution in [3.63, 3.8) is 0 Å². The zero-order valence-electron chi connectivity index (χ0n) is 5.91. The average molecular weight is 245 g/mol. The lowest BCUT2D eigenvalue weighted by Gasteiger charge is -1.84. The van der Waals surface area contributed by atoms with Crippen LogP contribution in [0.5, 0.6) is 0 Å². The maximum Gasteiger partial charge on any atom is 0.239 e. The first-order valence-corrected chi connectivity index (χ1v) is 4.85. The molecule has 0 fully saturated rings. The molecule has 0 saturated carbocycles. The summed E-state index contributed by atoms with van der Waals surface area (Å²) < 4.78 is 1.06. The van der Waals surface area contributed by atoms with Gasteiger partial charge in [-0.15, -0.1) is 16.4 Å². The highest BCUT2D eigenvalue weighted by Gasteiger charge is 2.04. The number of nitrogens with one attached hydrogen (secondary N) is 1. The molecular weight excluding hydrogens is 240 g/mol. The monoisotopic (exact) mass is 244 g/mol. The van der Waals surface area contributed by atoms with E-state index in [1.807, 2.05) is 11.4 Å². The summed E-state index contributed by atoms with van der Waals surface area (Å²) in [6.07, 6.45) is 0. The molecule has 0 unspecified atom stereocenters. The van der Waals surface area contributed by atoms with E-state index in [2.05, 4.69) is 31.1 Å². The third-order valence-corrected chi connectivity index (χ3v) is 2.85. The lowest BCUT2D eigenvalue weighted by Crippen LogP contribution is -1.85. The smallest absolute Gasteiger partial charge is 0.239 e. The van der Waals surface area contributed by atoms with E-state index >= 15 is 0 Å². The number of nitrogens with two attached hydrogens (primary N) is 1. The number of thiophene rings is 1. The molecule has 0 bridgehead atoms. The Bertz CT molecular complexity index is 355. The van der Waals surface area contributed by atoms with Crippen molar-refractivity contribution < 1.29 is 0 Å². The maximum absolute atomic E-state index is 5.36. The van der Waals surface area contributed by atoms with E-state index in [4.69, 9.17) is 5.73 Å². The van der Waals surface area contributed by atoms with Gasteiger partial charge in [-0.1, -0.05) is 0 Å². The molecule has 2 aromatic rings. The van der Waals surface area contributed by atoms with Gasteiger partial charge in [0.2, 0.25) is 5.95 Å². The first-order valence-electron chi connectivity index (χ1n) is 3.18. The van der Waals surface area contributed by atoms with E-state index in [0.29, 0.717) is 5.82 Å². The van der Waals surface area contributed by atoms with Crippen molar-refractivity contribution in [1.29, 1.82) is 0 Å². The molecule has 0 aromatic carbocycles. The van der Waals surface area contributed by atoms with Gasteiger partial charge in [0, 0.05) is 10.9 Å². The van der Waals surface area contributed by atoms with Crippen LogP contribution in [-0.4, -0.2) is 15.2 Å².